The van der Waals surface area contributed by atoms with E-state index in [9.17, 15) is 19.1 Å². The number of nitrogens with zero attached hydrogens (tertiary/aromatic N) is 1. The van der Waals surface area contributed by atoms with E-state index in [1.807, 2.05) is 6.92 Å². The highest BCUT2D eigenvalue weighted by atomic mass is 19.1. The zero-order chi connectivity index (χ0) is 15.5. The van der Waals surface area contributed by atoms with E-state index in [0.29, 0.717) is 37.9 Å². The summed E-state index contributed by atoms with van der Waals surface area (Å²) < 4.78 is 12.9. The summed E-state index contributed by atoms with van der Waals surface area (Å²) in [4.78, 5) is 25.4. The fourth-order valence-corrected chi connectivity index (χ4v) is 2.90. The van der Waals surface area contributed by atoms with E-state index >= 15 is 0 Å². The van der Waals surface area contributed by atoms with Crippen LogP contribution in [0.5, 0.6) is 0 Å². The number of hydrogen-bond acceptors (Lipinski definition) is 2. The Hall–Kier alpha value is -2.11. The minimum atomic E-state index is -1.13. The Balaban J connectivity index is 2.16. The zero-order valence-corrected chi connectivity index (χ0v) is 11.9. The van der Waals surface area contributed by atoms with E-state index in [4.69, 9.17) is 0 Å². The summed E-state index contributed by atoms with van der Waals surface area (Å²) in [7, 11) is 0. The van der Waals surface area contributed by atoms with Crippen molar-refractivity contribution >= 4 is 17.7 Å². The number of benzene rings is 1. The molecule has 2 amide bonds. The fraction of sp³-hybridized carbons (Fsp3) is 0.467. The van der Waals surface area contributed by atoms with E-state index in [2.05, 4.69) is 5.32 Å². The summed E-state index contributed by atoms with van der Waals surface area (Å²) >= 11 is 0. The Morgan fingerprint density at radius 1 is 1.38 bits per heavy atom. The van der Waals surface area contributed by atoms with E-state index in [1.165, 1.54) is 29.2 Å². The minimum absolute atomic E-state index is 0.389. The molecule has 0 bridgehead atoms. The Labute approximate surface area is 122 Å². The Kier molecular flexibility index (Phi) is 4.45. The number of carboxylic acids is 1. The number of rotatable bonds is 4. The van der Waals surface area contributed by atoms with Crippen LogP contribution in [0.1, 0.15) is 32.6 Å². The van der Waals surface area contributed by atoms with Gasteiger partial charge in [0.05, 0.1) is 0 Å². The maximum atomic E-state index is 12.9. The van der Waals surface area contributed by atoms with Crippen molar-refractivity contribution in [3.05, 3.63) is 30.1 Å². The summed E-state index contributed by atoms with van der Waals surface area (Å²) in [5.74, 6) is -1.35. The summed E-state index contributed by atoms with van der Waals surface area (Å²) in [6, 6.07) is 4.94. The van der Waals surface area contributed by atoms with Crippen LogP contribution >= 0.6 is 0 Å². The lowest BCUT2D eigenvalue weighted by atomic mass is 9.91. The Morgan fingerprint density at radius 3 is 2.62 bits per heavy atom. The highest BCUT2D eigenvalue weighted by Gasteiger charge is 2.49. The fourth-order valence-electron chi connectivity index (χ4n) is 2.90. The maximum Gasteiger partial charge on any atom is 0.329 e. The average molecular weight is 294 g/mol. The van der Waals surface area contributed by atoms with Gasteiger partial charge in [-0.1, -0.05) is 13.3 Å². The molecular formula is C15H19FN2O3. The molecule has 6 heteroatoms. The third-order valence-electron chi connectivity index (χ3n) is 3.89. The molecule has 0 aromatic heterocycles. The second-order valence-electron chi connectivity index (χ2n) is 5.28. The molecule has 1 atom stereocenters. The number of likely N-dealkylation sites (tertiary alicyclic amines) is 1. The molecule has 1 unspecified atom stereocenters. The average Bonchev–Trinajstić information content (AvgIpc) is 2.87. The second kappa shape index (κ2) is 6.11. The van der Waals surface area contributed by atoms with Crippen LogP contribution in [0.15, 0.2) is 24.3 Å². The van der Waals surface area contributed by atoms with Crippen LogP contribution in [-0.4, -0.2) is 34.1 Å². The number of halogens is 1. The van der Waals surface area contributed by atoms with Crippen LogP contribution < -0.4 is 5.32 Å². The van der Waals surface area contributed by atoms with Crippen molar-refractivity contribution in [1.29, 1.82) is 0 Å². The van der Waals surface area contributed by atoms with Gasteiger partial charge in [0.15, 0.2) is 0 Å². The predicted octanol–water partition coefficient (Wildman–Crippen LogP) is 3.08. The van der Waals surface area contributed by atoms with Gasteiger partial charge >= 0.3 is 12.0 Å². The van der Waals surface area contributed by atoms with Gasteiger partial charge in [-0.05, 0) is 43.5 Å². The normalized spacial score (nSPS) is 21.3. The highest BCUT2D eigenvalue weighted by Crippen LogP contribution is 2.34. The summed E-state index contributed by atoms with van der Waals surface area (Å²) in [5.41, 5.74) is -0.678. The van der Waals surface area contributed by atoms with Crippen molar-refractivity contribution < 1.29 is 19.1 Å². The monoisotopic (exact) mass is 294 g/mol. The first kappa shape index (κ1) is 15.3. The topological polar surface area (TPSA) is 69.6 Å². The lowest BCUT2D eigenvalue weighted by molar-refractivity contribution is -0.148. The van der Waals surface area contributed by atoms with E-state index in [1.54, 1.807) is 0 Å². The molecule has 1 aliphatic heterocycles. The van der Waals surface area contributed by atoms with Gasteiger partial charge in [-0.3, -0.25) is 0 Å². The van der Waals surface area contributed by atoms with Crippen LogP contribution in [0.4, 0.5) is 14.9 Å². The van der Waals surface area contributed by atoms with E-state index in [-0.39, 0.29) is 5.82 Å². The number of hydrogen-bond donors (Lipinski definition) is 2. The predicted molar refractivity (Wildman–Crippen MR) is 76.6 cm³/mol. The molecule has 2 N–H and O–H groups in total. The quantitative estimate of drug-likeness (QED) is 0.896. The van der Waals surface area contributed by atoms with Crippen molar-refractivity contribution in [1.82, 2.24) is 4.90 Å². The lowest BCUT2D eigenvalue weighted by Crippen LogP contribution is -2.54. The number of urea groups is 1. The van der Waals surface area contributed by atoms with Gasteiger partial charge in [0.2, 0.25) is 0 Å². The molecule has 0 spiro atoms. The molecule has 0 aliphatic carbocycles. The molecule has 5 nitrogen and oxygen atoms in total. The smallest absolute Gasteiger partial charge is 0.329 e. The van der Waals surface area contributed by atoms with Crippen molar-refractivity contribution in [2.75, 3.05) is 11.9 Å². The number of carbonyl (C=O) groups excluding carboxylic acids is 1. The number of aliphatic carboxylic acids is 1. The standard InChI is InChI=1S/C15H19FN2O3/c1-2-8-15(13(19)20)9-3-10-18(15)14(21)17-12-6-4-11(16)5-7-12/h4-7H,2-3,8-10H2,1H3,(H,17,21)(H,19,20). The van der Waals surface area contributed by atoms with Gasteiger partial charge in [0.25, 0.3) is 0 Å². The van der Waals surface area contributed by atoms with Crippen LogP contribution in [0.3, 0.4) is 0 Å². The van der Waals surface area contributed by atoms with Gasteiger partial charge in [-0.25, -0.2) is 14.0 Å². The lowest BCUT2D eigenvalue weighted by Gasteiger charge is -2.34. The van der Waals surface area contributed by atoms with Crippen LogP contribution in [-0.2, 0) is 4.79 Å². The SMILES string of the molecule is CCCC1(C(=O)O)CCCN1C(=O)Nc1ccc(F)cc1. The Bertz CT molecular complexity index is 532. The number of anilines is 1. The zero-order valence-electron chi connectivity index (χ0n) is 11.9. The minimum Gasteiger partial charge on any atom is -0.479 e. The molecule has 114 valence electrons. The van der Waals surface area contributed by atoms with Crippen LogP contribution in [0, 0.1) is 5.82 Å². The van der Waals surface area contributed by atoms with Gasteiger partial charge in [0.1, 0.15) is 11.4 Å². The van der Waals surface area contributed by atoms with E-state index in [0.717, 1.165) is 0 Å². The molecule has 21 heavy (non-hydrogen) atoms. The third-order valence-corrected chi connectivity index (χ3v) is 3.89. The molecule has 1 aromatic rings. The summed E-state index contributed by atoms with van der Waals surface area (Å²) in [6.07, 6.45) is 2.25. The van der Waals surface area contributed by atoms with Gasteiger partial charge < -0.3 is 15.3 Å². The Morgan fingerprint density at radius 2 is 2.05 bits per heavy atom. The molecule has 1 aromatic carbocycles. The molecule has 1 aliphatic rings. The van der Waals surface area contributed by atoms with E-state index < -0.39 is 17.5 Å². The largest absolute Gasteiger partial charge is 0.479 e. The highest BCUT2D eigenvalue weighted by molar-refractivity contribution is 5.94. The van der Waals surface area contributed by atoms with Crippen molar-refractivity contribution in [2.24, 2.45) is 0 Å². The maximum absolute atomic E-state index is 12.9. The molecule has 2 rings (SSSR count). The van der Waals surface area contributed by atoms with Crippen molar-refractivity contribution in [3.63, 3.8) is 0 Å². The second-order valence-corrected chi connectivity index (χ2v) is 5.28. The molecule has 0 radical (unpaired) electrons. The van der Waals surface area contributed by atoms with Gasteiger partial charge in [-0.2, -0.15) is 0 Å². The van der Waals surface area contributed by atoms with Crippen molar-refractivity contribution in [3.8, 4) is 0 Å². The number of nitrogens with one attached hydrogen (secondary N) is 1. The first-order valence-electron chi connectivity index (χ1n) is 7.07. The number of carboxylic acid groups (broad SMARTS) is 1. The summed E-state index contributed by atoms with van der Waals surface area (Å²) in [5, 5.41) is 12.2. The van der Waals surface area contributed by atoms with Gasteiger partial charge in [-0.15, -0.1) is 0 Å². The summed E-state index contributed by atoms with van der Waals surface area (Å²) in [6.45, 7) is 2.32. The number of amides is 2. The third kappa shape index (κ3) is 2.99. The molecule has 1 saturated heterocycles. The first-order chi connectivity index (χ1) is 9.99. The first-order valence-corrected chi connectivity index (χ1v) is 7.07. The van der Waals surface area contributed by atoms with Gasteiger partial charge in [0, 0.05) is 12.2 Å². The molecule has 1 fully saturated rings. The number of carbonyl (C=O) groups is 2. The van der Waals surface area contributed by atoms with Crippen molar-refractivity contribution in [2.45, 2.75) is 38.1 Å². The van der Waals surface area contributed by atoms with Crippen LogP contribution in [0.25, 0.3) is 0 Å². The van der Waals surface area contributed by atoms with Crippen LogP contribution in [0.2, 0.25) is 0 Å². The molecule has 1 heterocycles. The molecular weight excluding hydrogens is 275 g/mol. The molecule has 0 saturated carbocycles.